The van der Waals surface area contributed by atoms with Gasteiger partial charge in [0.05, 0.1) is 7.11 Å². The van der Waals surface area contributed by atoms with Gasteiger partial charge in [0.25, 0.3) is 0 Å². The van der Waals surface area contributed by atoms with E-state index in [0.29, 0.717) is 6.61 Å². The molecule has 1 rings (SSSR count). The van der Waals surface area contributed by atoms with Gasteiger partial charge in [-0.2, -0.15) is 0 Å². The summed E-state index contributed by atoms with van der Waals surface area (Å²) in [6.07, 6.45) is 0. The minimum absolute atomic E-state index is 0.332. The Bertz CT molecular complexity index is 292. The number of hydrogen-bond acceptors (Lipinski definition) is 3. The van der Waals surface area contributed by atoms with Crippen molar-refractivity contribution in [1.82, 2.24) is 0 Å². The lowest BCUT2D eigenvalue weighted by Gasteiger charge is -2.19. The van der Waals surface area contributed by atoms with Gasteiger partial charge in [-0.05, 0) is 26.0 Å². The number of hydrogen-bond donors (Lipinski definition) is 1. The van der Waals surface area contributed by atoms with Crippen LogP contribution in [0.4, 0.5) is 0 Å². The van der Waals surface area contributed by atoms with Gasteiger partial charge >= 0.3 is 0 Å². The normalized spacial score (nSPS) is 11.1. The summed E-state index contributed by atoms with van der Waals surface area (Å²) in [5, 5.41) is 0. The molecule has 0 radical (unpaired) electrons. The molecule has 0 heterocycles. The monoisotopic (exact) mass is 195 g/mol. The van der Waals surface area contributed by atoms with Crippen molar-refractivity contribution in [3.8, 4) is 11.5 Å². The van der Waals surface area contributed by atoms with Crippen LogP contribution in [0.25, 0.3) is 0 Å². The van der Waals surface area contributed by atoms with Crippen LogP contribution in [0.15, 0.2) is 24.3 Å². The molecule has 2 N–H and O–H groups in total. The highest BCUT2D eigenvalue weighted by Gasteiger charge is 2.12. The molecule has 1 aromatic carbocycles. The molecule has 0 saturated carbocycles. The van der Waals surface area contributed by atoms with Gasteiger partial charge in [-0.15, -0.1) is 0 Å². The fourth-order valence-corrected chi connectivity index (χ4v) is 1.00. The number of ether oxygens (including phenoxy) is 2. The molecule has 0 amide bonds. The van der Waals surface area contributed by atoms with E-state index in [1.807, 2.05) is 38.1 Å². The van der Waals surface area contributed by atoms with Gasteiger partial charge in [-0.25, -0.2) is 0 Å². The summed E-state index contributed by atoms with van der Waals surface area (Å²) in [5.41, 5.74) is 5.48. The second kappa shape index (κ2) is 4.33. The third-order valence-corrected chi connectivity index (χ3v) is 1.67. The second-order valence-corrected chi connectivity index (χ2v) is 3.93. The minimum atomic E-state index is -0.332. The molecule has 0 aliphatic rings. The second-order valence-electron chi connectivity index (χ2n) is 3.93. The van der Waals surface area contributed by atoms with E-state index in [1.165, 1.54) is 0 Å². The molecule has 0 fully saturated rings. The smallest absolute Gasteiger partial charge is 0.161 e. The summed E-state index contributed by atoms with van der Waals surface area (Å²) in [5.74, 6) is 1.46. The van der Waals surface area contributed by atoms with Gasteiger partial charge < -0.3 is 15.2 Å². The summed E-state index contributed by atoms with van der Waals surface area (Å²) in [6, 6.07) is 7.53. The van der Waals surface area contributed by atoms with Crippen LogP contribution in [0.5, 0.6) is 11.5 Å². The van der Waals surface area contributed by atoms with Gasteiger partial charge in [-0.3, -0.25) is 0 Å². The van der Waals surface area contributed by atoms with E-state index in [4.69, 9.17) is 15.2 Å². The van der Waals surface area contributed by atoms with Crippen molar-refractivity contribution < 1.29 is 9.47 Å². The Morgan fingerprint density at radius 3 is 2.29 bits per heavy atom. The van der Waals surface area contributed by atoms with Crippen molar-refractivity contribution in [3.63, 3.8) is 0 Å². The molecule has 0 aliphatic carbocycles. The van der Waals surface area contributed by atoms with Crippen LogP contribution in [0.1, 0.15) is 13.8 Å². The molecule has 3 heteroatoms. The highest BCUT2D eigenvalue weighted by atomic mass is 16.5. The average molecular weight is 195 g/mol. The van der Waals surface area contributed by atoms with Crippen molar-refractivity contribution in [1.29, 1.82) is 0 Å². The van der Waals surface area contributed by atoms with Crippen LogP contribution in [-0.2, 0) is 0 Å². The van der Waals surface area contributed by atoms with E-state index >= 15 is 0 Å². The van der Waals surface area contributed by atoms with E-state index in [9.17, 15) is 0 Å². The summed E-state index contributed by atoms with van der Waals surface area (Å²) in [4.78, 5) is 0. The first-order chi connectivity index (χ1) is 6.53. The fraction of sp³-hybridized carbons (Fsp3) is 0.455. The standard InChI is InChI=1S/C11H17NO2/c1-11(2,12)8-14-10-7-5-4-6-9(10)13-3/h4-7H,8,12H2,1-3H3. The van der Waals surface area contributed by atoms with Gasteiger partial charge in [0.1, 0.15) is 6.61 Å². The first kappa shape index (κ1) is 10.9. The summed E-state index contributed by atoms with van der Waals surface area (Å²) >= 11 is 0. The third kappa shape index (κ3) is 3.26. The highest BCUT2D eigenvalue weighted by Crippen LogP contribution is 2.26. The Morgan fingerprint density at radius 2 is 1.79 bits per heavy atom. The predicted molar refractivity (Wildman–Crippen MR) is 56.8 cm³/mol. The van der Waals surface area contributed by atoms with Crippen LogP contribution in [0.3, 0.4) is 0 Å². The maximum Gasteiger partial charge on any atom is 0.161 e. The average Bonchev–Trinajstić information content (AvgIpc) is 2.14. The molecule has 78 valence electrons. The fourth-order valence-electron chi connectivity index (χ4n) is 1.00. The third-order valence-electron chi connectivity index (χ3n) is 1.67. The molecule has 0 bridgehead atoms. The van der Waals surface area contributed by atoms with Crippen molar-refractivity contribution in [2.24, 2.45) is 5.73 Å². The van der Waals surface area contributed by atoms with Crippen LogP contribution >= 0.6 is 0 Å². The number of benzene rings is 1. The molecule has 0 spiro atoms. The summed E-state index contributed by atoms with van der Waals surface area (Å²) in [7, 11) is 1.62. The molecule has 3 nitrogen and oxygen atoms in total. The van der Waals surface area contributed by atoms with Crippen molar-refractivity contribution >= 4 is 0 Å². The van der Waals surface area contributed by atoms with E-state index < -0.39 is 0 Å². The van der Waals surface area contributed by atoms with Crippen LogP contribution in [-0.4, -0.2) is 19.3 Å². The predicted octanol–water partition coefficient (Wildman–Crippen LogP) is 1.81. The maximum atomic E-state index is 5.81. The van der Waals surface area contributed by atoms with Crippen LogP contribution in [0, 0.1) is 0 Å². The van der Waals surface area contributed by atoms with Gasteiger partial charge in [0, 0.05) is 5.54 Å². The molecule has 0 aliphatic heterocycles. The van der Waals surface area contributed by atoms with E-state index in [-0.39, 0.29) is 5.54 Å². The number of para-hydroxylation sites is 2. The molecule has 0 aromatic heterocycles. The first-order valence-corrected chi connectivity index (χ1v) is 4.57. The lowest BCUT2D eigenvalue weighted by Crippen LogP contribution is -2.38. The molecular formula is C11H17NO2. The number of nitrogens with two attached hydrogens (primary N) is 1. The van der Waals surface area contributed by atoms with Crippen molar-refractivity contribution in [2.45, 2.75) is 19.4 Å². The molecule has 14 heavy (non-hydrogen) atoms. The molecule has 1 aromatic rings. The van der Waals surface area contributed by atoms with Gasteiger partial charge in [-0.1, -0.05) is 12.1 Å². The summed E-state index contributed by atoms with van der Waals surface area (Å²) < 4.78 is 10.7. The number of methoxy groups -OCH3 is 1. The lowest BCUT2D eigenvalue weighted by molar-refractivity contribution is 0.233. The molecule has 0 atom stereocenters. The quantitative estimate of drug-likeness (QED) is 0.797. The van der Waals surface area contributed by atoms with Crippen molar-refractivity contribution in [3.05, 3.63) is 24.3 Å². The Balaban J connectivity index is 2.67. The SMILES string of the molecule is COc1ccccc1OCC(C)(C)N. The van der Waals surface area contributed by atoms with E-state index in [2.05, 4.69) is 0 Å². The molecular weight excluding hydrogens is 178 g/mol. The van der Waals surface area contributed by atoms with Crippen LogP contribution in [0.2, 0.25) is 0 Å². The zero-order valence-corrected chi connectivity index (χ0v) is 8.91. The topological polar surface area (TPSA) is 44.5 Å². The molecule has 0 unspecified atom stereocenters. The summed E-state index contributed by atoms with van der Waals surface area (Å²) in [6.45, 7) is 4.30. The Labute approximate surface area is 84.8 Å². The van der Waals surface area contributed by atoms with Gasteiger partial charge in [0.2, 0.25) is 0 Å². The van der Waals surface area contributed by atoms with E-state index in [1.54, 1.807) is 7.11 Å². The van der Waals surface area contributed by atoms with E-state index in [0.717, 1.165) is 11.5 Å². The highest BCUT2D eigenvalue weighted by molar-refractivity contribution is 5.39. The number of rotatable bonds is 4. The first-order valence-electron chi connectivity index (χ1n) is 4.57. The van der Waals surface area contributed by atoms with Gasteiger partial charge in [0.15, 0.2) is 11.5 Å². The lowest BCUT2D eigenvalue weighted by atomic mass is 10.1. The van der Waals surface area contributed by atoms with Crippen LogP contribution < -0.4 is 15.2 Å². The zero-order chi connectivity index (χ0) is 10.6. The van der Waals surface area contributed by atoms with Crippen molar-refractivity contribution in [2.75, 3.05) is 13.7 Å². The molecule has 0 saturated heterocycles. The largest absolute Gasteiger partial charge is 0.493 e. The zero-order valence-electron chi connectivity index (χ0n) is 8.91. The Hall–Kier alpha value is -1.22. The Morgan fingerprint density at radius 1 is 1.21 bits per heavy atom. The Kier molecular flexibility index (Phi) is 3.36. The minimum Gasteiger partial charge on any atom is -0.493 e. The maximum absolute atomic E-state index is 5.81.